The Bertz CT molecular complexity index is 1030. The number of epoxide rings is 1. The fourth-order valence-electron chi connectivity index (χ4n) is 5.92. The molecule has 4 aliphatic rings. The van der Waals surface area contributed by atoms with Gasteiger partial charge >= 0.3 is 5.97 Å². The van der Waals surface area contributed by atoms with E-state index >= 15 is 0 Å². The number of amides is 2. The molecule has 0 aromatic rings. The van der Waals surface area contributed by atoms with E-state index in [1.165, 1.54) is 19.4 Å². The molecule has 228 valence electrons. The minimum Gasteiger partial charge on any atom is -0.459 e. The highest BCUT2D eigenvalue weighted by Crippen LogP contribution is 2.43. The summed E-state index contributed by atoms with van der Waals surface area (Å²) < 4.78 is 23.4. The molecule has 2 amide bonds. The maximum atomic E-state index is 12.5. The zero-order valence-corrected chi connectivity index (χ0v) is 25.2. The molecule has 0 aromatic carbocycles. The van der Waals surface area contributed by atoms with Crippen molar-refractivity contribution in [3.05, 3.63) is 36.0 Å². The Kier molecular flexibility index (Phi) is 10.8. The van der Waals surface area contributed by atoms with E-state index in [9.17, 15) is 14.4 Å². The van der Waals surface area contributed by atoms with E-state index in [0.29, 0.717) is 12.5 Å². The van der Waals surface area contributed by atoms with Crippen molar-refractivity contribution >= 4 is 17.8 Å². The van der Waals surface area contributed by atoms with E-state index in [2.05, 4.69) is 42.7 Å². The number of esters is 1. The Morgan fingerprint density at radius 1 is 1.07 bits per heavy atom. The fourth-order valence-corrected chi connectivity index (χ4v) is 5.92. The van der Waals surface area contributed by atoms with Gasteiger partial charge < -0.3 is 29.6 Å². The van der Waals surface area contributed by atoms with Crippen molar-refractivity contribution in [3.8, 4) is 0 Å². The minimum absolute atomic E-state index is 0.0636. The molecule has 0 aromatic heterocycles. The number of hydrogen-bond donors (Lipinski definition) is 2. The van der Waals surface area contributed by atoms with Gasteiger partial charge in [0.15, 0.2) is 0 Å². The molecule has 9 nitrogen and oxygen atoms in total. The number of carbonyl (C=O) groups excluding carboxylic acids is 3. The van der Waals surface area contributed by atoms with Crippen molar-refractivity contribution in [3.63, 3.8) is 0 Å². The van der Waals surface area contributed by atoms with Crippen LogP contribution in [0.3, 0.4) is 0 Å². The predicted molar refractivity (Wildman–Crippen MR) is 155 cm³/mol. The van der Waals surface area contributed by atoms with E-state index < -0.39 is 6.10 Å². The van der Waals surface area contributed by atoms with E-state index in [0.717, 1.165) is 50.7 Å². The van der Waals surface area contributed by atoms with Crippen molar-refractivity contribution in [2.75, 3.05) is 6.61 Å². The summed E-state index contributed by atoms with van der Waals surface area (Å²) in [5, 5.41) is 6.15. The van der Waals surface area contributed by atoms with Crippen LogP contribution in [0.2, 0.25) is 0 Å². The van der Waals surface area contributed by atoms with Gasteiger partial charge in [0.25, 0.3) is 0 Å². The number of allylic oxidation sites excluding steroid dienone is 2. The second-order valence-corrected chi connectivity index (χ2v) is 12.5. The molecule has 41 heavy (non-hydrogen) atoms. The second kappa shape index (κ2) is 14.1. The van der Waals surface area contributed by atoms with Gasteiger partial charge in [-0.25, -0.2) is 0 Å². The number of nitrogens with one attached hydrogen (secondary N) is 2. The Morgan fingerprint density at radius 2 is 1.83 bits per heavy atom. The third-order valence-electron chi connectivity index (χ3n) is 8.64. The lowest BCUT2D eigenvalue weighted by Crippen LogP contribution is -2.50. The van der Waals surface area contributed by atoms with Crippen LogP contribution < -0.4 is 10.6 Å². The summed E-state index contributed by atoms with van der Waals surface area (Å²) >= 11 is 0. The van der Waals surface area contributed by atoms with Gasteiger partial charge in [0, 0.05) is 31.9 Å². The highest BCUT2D eigenvalue weighted by Gasteiger charge is 2.51. The molecule has 8 atom stereocenters. The standard InChI is InChI=1S/C32H48N2O7/c1-20(9-12-26-17-32(19-38-32)18-27(41-26)16-31(37)33-25-7-6-8-25)10-13-29-21(2)15-28(23(4)40-29)34-30(36)14-11-22(3)39-24(5)35/h9-12,14,21-23,25-29H,6-8,13,15-19H2,1-5H3,(H,33,37)(H,34,36)/b12-9+,14-11-,20-10+/t21?,22?,23?,26?,27-,28?,29?,32?/m1/s1. The van der Waals surface area contributed by atoms with Crippen molar-refractivity contribution in [1.29, 1.82) is 0 Å². The quantitative estimate of drug-likeness (QED) is 0.166. The molecule has 9 heteroatoms. The van der Waals surface area contributed by atoms with Gasteiger partial charge in [-0.3, -0.25) is 14.4 Å². The van der Waals surface area contributed by atoms with Gasteiger partial charge in [0.2, 0.25) is 11.8 Å². The Labute approximate surface area is 244 Å². The smallest absolute Gasteiger partial charge is 0.303 e. The first-order chi connectivity index (χ1) is 19.5. The molecule has 2 N–H and O–H groups in total. The average Bonchev–Trinajstić information content (AvgIpc) is 3.61. The van der Waals surface area contributed by atoms with Gasteiger partial charge in [-0.05, 0) is 64.9 Å². The normalized spacial score (nSPS) is 34.8. The first-order valence-corrected chi connectivity index (χ1v) is 15.3. The summed E-state index contributed by atoms with van der Waals surface area (Å²) in [6, 6.07) is 0.256. The van der Waals surface area contributed by atoms with E-state index in [1.54, 1.807) is 13.0 Å². The van der Waals surface area contributed by atoms with E-state index in [4.69, 9.17) is 18.9 Å². The highest BCUT2D eigenvalue weighted by atomic mass is 16.6. The lowest BCUT2D eigenvalue weighted by Gasteiger charge is -2.39. The Morgan fingerprint density at radius 3 is 2.49 bits per heavy atom. The zero-order chi connectivity index (χ0) is 29.6. The second-order valence-electron chi connectivity index (χ2n) is 12.5. The summed E-state index contributed by atoms with van der Waals surface area (Å²) in [4.78, 5) is 35.9. The van der Waals surface area contributed by atoms with Crippen molar-refractivity contribution < 1.29 is 33.3 Å². The third kappa shape index (κ3) is 9.79. The maximum absolute atomic E-state index is 12.5. The molecule has 3 saturated heterocycles. The maximum Gasteiger partial charge on any atom is 0.303 e. The summed E-state index contributed by atoms with van der Waals surface area (Å²) in [6.45, 7) is 10.0. The highest BCUT2D eigenvalue weighted by molar-refractivity contribution is 5.87. The van der Waals surface area contributed by atoms with Crippen LogP contribution in [-0.2, 0) is 33.3 Å². The van der Waals surface area contributed by atoms with Crippen molar-refractivity contribution in [2.45, 2.75) is 134 Å². The molecule has 3 heterocycles. The summed E-state index contributed by atoms with van der Waals surface area (Å²) in [6.07, 6.45) is 15.6. The molecule has 1 spiro atoms. The molecular formula is C32H48N2O7. The van der Waals surface area contributed by atoms with Crippen LogP contribution in [0.5, 0.6) is 0 Å². The topological polar surface area (TPSA) is 115 Å². The fraction of sp³-hybridized carbons (Fsp3) is 0.719. The molecule has 0 bridgehead atoms. The van der Waals surface area contributed by atoms with Gasteiger partial charge in [-0.1, -0.05) is 30.7 Å². The van der Waals surface area contributed by atoms with Crippen molar-refractivity contribution in [1.82, 2.24) is 10.6 Å². The van der Waals surface area contributed by atoms with Gasteiger partial charge in [0.1, 0.15) is 6.10 Å². The Hall–Kier alpha value is -2.49. The van der Waals surface area contributed by atoms with Crippen LogP contribution in [-0.4, -0.2) is 72.6 Å². The van der Waals surface area contributed by atoms with Crippen LogP contribution in [0.4, 0.5) is 0 Å². The number of ether oxygens (including phenoxy) is 4. The minimum atomic E-state index is -0.456. The zero-order valence-electron chi connectivity index (χ0n) is 25.2. The number of carbonyl (C=O) groups is 3. The molecular weight excluding hydrogens is 524 g/mol. The molecule has 3 aliphatic heterocycles. The predicted octanol–water partition coefficient (Wildman–Crippen LogP) is 4.06. The number of hydrogen-bond acceptors (Lipinski definition) is 7. The van der Waals surface area contributed by atoms with Crippen LogP contribution in [0, 0.1) is 5.92 Å². The van der Waals surface area contributed by atoms with Crippen LogP contribution >= 0.6 is 0 Å². The van der Waals surface area contributed by atoms with E-state index in [-0.39, 0.29) is 59.8 Å². The number of rotatable bonds is 11. The lowest BCUT2D eigenvalue weighted by atomic mass is 9.88. The molecule has 7 unspecified atom stereocenters. The molecule has 1 saturated carbocycles. The lowest BCUT2D eigenvalue weighted by molar-refractivity contribution is -0.143. The van der Waals surface area contributed by atoms with Gasteiger partial charge in [0.05, 0.1) is 49.1 Å². The summed E-state index contributed by atoms with van der Waals surface area (Å²) in [5.74, 6) is -0.248. The van der Waals surface area contributed by atoms with Crippen LogP contribution in [0.1, 0.15) is 86.0 Å². The molecule has 4 rings (SSSR count). The molecule has 0 radical (unpaired) electrons. The molecule has 4 fully saturated rings. The first-order valence-electron chi connectivity index (χ1n) is 15.3. The summed E-state index contributed by atoms with van der Waals surface area (Å²) in [7, 11) is 0. The van der Waals surface area contributed by atoms with Crippen molar-refractivity contribution in [2.24, 2.45) is 5.92 Å². The largest absolute Gasteiger partial charge is 0.459 e. The molecule has 1 aliphatic carbocycles. The summed E-state index contributed by atoms with van der Waals surface area (Å²) in [5.41, 5.74) is 1.01. The monoisotopic (exact) mass is 572 g/mol. The SMILES string of the molecule is CC(=O)OC(C)/C=C\C(=O)NC1CC(C)C(C/C=C(C)/C=C/C2CC3(CO3)C[C@@H](CC(=O)NC3CCC3)O2)OC1C. The van der Waals surface area contributed by atoms with Gasteiger partial charge in [-0.2, -0.15) is 0 Å². The van der Waals surface area contributed by atoms with Crippen LogP contribution in [0.15, 0.2) is 36.0 Å². The van der Waals surface area contributed by atoms with E-state index in [1.807, 2.05) is 6.92 Å². The first kappa shape index (κ1) is 31.4. The Balaban J connectivity index is 1.22. The van der Waals surface area contributed by atoms with Gasteiger partial charge in [-0.15, -0.1) is 0 Å². The van der Waals surface area contributed by atoms with Crippen LogP contribution in [0.25, 0.3) is 0 Å². The third-order valence-corrected chi connectivity index (χ3v) is 8.64. The average molecular weight is 573 g/mol.